The Kier molecular flexibility index (Phi) is 5.16. The molecule has 2 heterocycles. The molecule has 142 valence electrons. The number of hydrogen-bond acceptors (Lipinski definition) is 5. The van der Waals surface area contributed by atoms with Crippen molar-refractivity contribution in [2.75, 3.05) is 62.3 Å². The van der Waals surface area contributed by atoms with Crippen molar-refractivity contribution in [1.29, 1.82) is 0 Å². The summed E-state index contributed by atoms with van der Waals surface area (Å²) in [6, 6.07) is 15.6. The fourth-order valence-electron chi connectivity index (χ4n) is 3.70. The molecule has 2 saturated heterocycles. The van der Waals surface area contributed by atoms with Gasteiger partial charge in [0.05, 0.1) is 18.8 Å². The van der Waals surface area contributed by atoms with E-state index in [0.717, 1.165) is 31.9 Å². The van der Waals surface area contributed by atoms with Gasteiger partial charge in [0.25, 0.3) is 5.91 Å². The summed E-state index contributed by atoms with van der Waals surface area (Å²) in [4.78, 5) is 19.1. The molecular weight excluding hydrogens is 342 g/mol. The Bertz CT molecular complexity index is 783. The second kappa shape index (κ2) is 7.88. The van der Waals surface area contributed by atoms with Gasteiger partial charge in [-0.3, -0.25) is 4.79 Å². The first-order chi connectivity index (χ1) is 13.2. The number of carbonyl (C=O) groups excluding carboxylic acids is 1. The van der Waals surface area contributed by atoms with Crippen LogP contribution in [0.1, 0.15) is 10.4 Å². The SMILES string of the molecule is O=C(c1ccc(N2CCOCC2)cc1O)N1CCN(c2ccccc2)CC1. The van der Waals surface area contributed by atoms with E-state index in [9.17, 15) is 9.90 Å². The summed E-state index contributed by atoms with van der Waals surface area (Å²) in [5, 5.41) is 10.4. The minimum Gasteiger partial charge on any atom is -0.507 e. The molecule has 2 aromatic rings. The largest absolute Gasteiger partial charge is 0.507 e. The highest BCUT2D eigenvalue weighted by molar-refractivity contribution is 5.97. The minimum absolute atomic E-state index is 0.0504. The number of nitrogens with zero attached hydrogens (tertiary/aromatic N) is 3. The van der Waals surface area contributed by atoms with Crippen LogP contribution in [0.2, 0.25) is 0 Å². The van der Waals surface area contributed by atoms with Gasteiger partial charge >= 0.3 is 0 Å². The molecule has 27 heavy (non-hydrogen) atoms. The quantitative estimate of drug-likeness (QED) is 0.901. The van der Waals surface area contributed by atoms with Crippen molar-refractivity contribution in [2.45, 2.75) is 0 Å². The number of anilines is 2. The number of hydrogen-bond donors (Lipinski definition) is 1. The lowest BCUT2D eigenvalue weighted by Gasteiger charge is -2.36. The molecule has 2 fully saturated rings. The highest BCUT2D eigenvalue weighted by Gasteiger charge is 2.24. The molecule has 0 aliphatic carbocycles. The molecule has 0 spiro atoms. The third-order valence-corrected chi connectivity index (χ3v) is 5.28. The minimum atomic E-state index is -0.103. The maximum Gasteiger partial charge on any atom is 0.257 e. The van der Waals surface area contributed by atoms with Gasteiger partial charge in [0.2, 0.25) is 0 Å². The predicted molar refractivity (Wildman–Crippen MR) is 106 cm³/mol. The smallest absolute Gasteiger partial charge is 0.257 e. The first-order valence-corrected chi connectivity index (χ1v) is 9.47. The van der Waals surface area contributed by atoms with Crippen molar-refractivity contribution in [2.24, 2.45) is 0 Å². The Labute approximate surface area is 159 Å². The van der Waals surface area contributed by atoms with Gasteiger partial charge in [-0.2, -0.15) is 0 Å². The first kappa shape index (κ1) is 17.7. The number of benzene rings is 2. The van der Waals surface area contributed by atoms with Crippen LogP contribution < -0.4 is 9.80 Å². The Balaban J connectivity index is 1.41. The van der Waals surface area contributed by atoms with E-state index in [4.69, 9.17) is 4.74 Å². The molecule has 0 bridgehead atoms. The maximum atomic E-state index is 12.9. The zero-order chi connectivity index (χ0) is 18.6. The molecule has 1 N–H and O–H groups in total. The van der Waals surface area contributed by atoms with Crippen LogP contribution in [0.3, 0.4) is 0 Å². The Morgan fingerprint density at radius 3 is 2.15 bits per heavy atom. The fraction of sp³-hybridized carbons (Fsp3) is 0.381. The molecule has 6 nitrogen and oxygen atoms in total. The van der Waals surface area contributed by atoms with Crippen molar-refractivity contribution in [3.05, 3.63) is 54.1 Å². The van der Waals surface area contributed by atoms with E-state index in [0.29, 0.717) is 31.9 Å². The second-order valence-electron chi connectivity index (χ2n) is 6.92. The van der Waals surface area contributed by atoms with Crippen molar-refractivity contribution in [3.8, 4) is 5.75 Å². The Hall–Kier alpha value is -2.73. The number of piperazine rings is 1. The van der Waals surface area contributed by atoms with Crippen molar-refractivity contribution < 1.29 is 14.6 Å². The highest BCUT2D eigenvalue weighted by atomic mass is 16.5. The van der Waals surface area contributed by atoms with E-state index >= 15 is 0 Å². The zero-order valence-corrected chi connectivity index (χ0v) is 15.4. The molecule has 2 aliphatic heterocycles. The molecule has 2 aliphatic rings. The highest BCUT2D eigenvalue weighted by Crippen LogP contribution is 2.27. The molecular formula is C21H25N3O3. The number of phenols is 1. The molecule has 6 heteroatoms. The normalized spacial score (nSPS) is 17.9. The number of para-hydroxylation sites is 1. The van der Waals surface area contributed by atoms with E-state index in [1.165, 1.54) is 5.69 Å². The van der Waals surface area contributed by atoms with Gasteiger partial charge < -0.3 is 24.5 Å². The van der Waals surface area contributed by atoms with Crippen LogP contribution in [-0.4, -0.2) is 68.4 Å². The topological polar surface area (TPSA) is 56.3 Å². The van der Waals surface area contributed by atoms with Crippen molar-refractivity contribution in [1.82, 2.24) is 4.90 Å². The second-order valence-corrected chi connectivity index (χ2v) is 6.92. The summed E-state index contributed by atoms with van der Waals surface area (Å²) in [5.41, 5.74) is 2.49. The van der Waals surface area contributed by atoms with E-state index in [-0.39, 0.29) is 11.7 Å². The summed E-state index contributed by atoms with van der Waals surface area (Å²) >= 11 is 0. The summed E-state index contributed by atoms with van der Waals surface area (Å²) in [5.74, 6) is -0.0526. The van der Waals surface area contributed by atoms with Gasteiger partial charge in [-0.05, 0) is 24.3 Å². The first-order valence-electron chi connectivity index (χ1n) is 9.47. The van der Waals surface area contributed by atoms with Crippen LogP contribution in [0, 0.1) is 0 Å². The average molecular weight is 367 g/mol. The van der Waals surface area contributed by atoms with Crippen LogP contribution in [0.4, 0.5) is 11.4 Å². The fourth-order valence-corrected chi connectivity index (χ4v) is 3.70. The predicted octanol–water partition coefficient (Wildman–Crippen LogP) is 2.19. The molecule has 2 aromatic carbocycles. The van der Waals surface area contributed by atoms with E-state index < -0.39 is 0 Å². The monoisotopic (exact) mass is 367 g/mol. The maximum absolute atomic E-state index is 12.9. The lowest BCUT2D eigenvalue weighted by molar-refractivity contribution is 0.0743. The van der Waals surface area contributed by atoms with Crippen LogP contribution in [0.25, 0.3) is 0 Å². The number of rotatable bonds is 3. The number of carbonyl (C=O) groups is 1. The Morgan fingerprint density at radius 2 is 1.48 bits per heavy atom. The van der Waals surface area contributed by atoms with E-state index in [1.54, 1.807) is 12.1 Å². The standard InChI is InChI=1S/C21H25N3O3/c25-20-16-18(23-12-14-27-15-13-23)6-7-19(20)21(26)24-10-8-22(9-11-24)17-4-2-1-3-5-17/h1-7,16,25H,8-15H2. The number of aromatic hydroxyl groups is 1. The third kappa shape index (κ3) is 3.85. The molecule has 0 saturated carbocycles. The molecule has 0 atom stereocenters. The van der Waals surface area contributed by atoms with Gasteiger partial charge in [0.15, 0.2) is 0 Å². The number of phenolic OH excluding ortho intramolecular Hbond substituents is 1. The van der Waals surface area contributed by atoms with Crippen LogP contribution in [-0.2, 0) is 4.74 Å². The summed E-state index contributed by atoms with van der Waals surface area (Å²) < 4.78 is 5.36. The lowest BCUT2D eigenvalue weighted by Crippen LogP contribution is -2.48. The van der Waals surface area contributed by atoms with Gasteiger partial charge in [-0.25, -0.2) is 0 Å². The lowest BCUT2D eigenvalue weighted by atomic mass is 10.1. The van der Waals surface area contributed by atoms with Crippen LogP contribution >= 0.6 is 0 Å². The number of morpholine rings is 1. The van der Waals surface area contributed by atoms with Crippen molar-refractivity contribution in [3.63, 3.8) is 0 Å². The molecule has 4 rings (SSSR count). The number of amides is 1. The van der Waals surface area contributed by atoms with Gasteiger partial charge in [0, 0.05) is 56.7 Å². The van der Waals surface area contributed by atoms with Gasteiger partial charge in [0.1, 0.15) is 5.75 Å². The van der Waals surface area contributed by atoms with E-state index in [2.05, 4.69) is 21.9 Å². The Morgan fingerprint density at radius 1 is 0.815 bits per heavy atom. The molecule has 0 radical (unpaired) electrons. The van der Waals surface area contributed by atoms with E-state index in [1.807, 2.05) is 29.2 Å². The molecule has 0 unspecified atom stereocenters. The van der Waals surface area contributed by atoms with Gasteiger partial charge in [-0.1, -0.05) is 18.2 Å². The number of ether oxygens (including phenoxy) is 1. The van der Waals surface area contributed by atoms with Crippen molar-refractivity contribution >= 4 is 17.3 Å². The molecule has 1 amide bonds. The van der Waals surface area contributed by atoms with Gasteiger partial charge in [-0.15, -0.1) is 0 Å². The molecule has 0 aromatic heterocycles. The average Bonchev–Trinajstić information content (AvgIpc) is 2.74. The van der Waals surface area contributed by atoms with Crippen LogP contribution in [0.15, 0.2) is 48.5 Å². The third-order valence-electron chi connectivity index (χ3n) is 5.28. The summed E-state index contributed by atoms with van der Waals surface area (Å²) in [6.45, 7) is 5.87. The summed E-state index contributed by atoms with van der Waals surface area (Å²) in [7, 11) is 0. The van der Waals surface area contributed by atoms with Crippen LogP contribution in [0.5, 0.6) is 5.75 Å². The zero-order valence-electron chi connectivity index (χ0n) is 15.4. The summed E-state index contributed by atoms with van der Waals surface area (Å²) in [6.07, 6.45) is 0.